The Hall–Kier alpha value is -1.67. The Labute approximate surface area is 72.5 Å². The van der Waals surface area contributed by atoms with Crippen molar-refractivity contribution in [2.24, 2.45) is 0 Å². The first-order valence-corrected chi connectivity index (χ1v) is 4.13. The average Bonchev–Trinajstić information content (AvgIpc) is 2.74. The van der Waals surface area contributed by atoms with E-state index in [1.165, 1.54) is 17.7 Å². The maximum Gasteiger partial charge on any atom is 0.166 e. The van der Waals surface area contributed by atoms with Crippen LogP contribution in [-0.2, 0) is 0 Å². The van der Waals surface area contributed by atoms with Crippen molar-refractivity contribution in [3.8, 4) is 16.8 Å². The van der Waals surface area contributed by atoms with Crippen LogP contribution in [0.15, 0.2) is 17.8 Å². The molecule has 0 fully saturated rings. The molecular formula is C7H4N4S. The molecule has 0 atom stereocenters. The largest absolute Gasteiger partial charge is 0.259 e. The molecule has 12 heavy (non-hydrogen) atoms. The first-order valence-electron chi connectivity index (χ1n) is 3.25. The summed E-state index contributed by atoms with van der Waals surface area (Å²) in [7, 11) is 0. The number of rotatable bonds is 1. The second-order valence-corrected chi connectivity index (χ2v) is 3.03. The van der Waals surface area contributed by atoms with Crippen molar-refractivity contribution >= 4 is 11.3 Å². The van der Waals surface area contributed by atoms with Crippen molar-refractivity contribution in [3.05, 3.63) is 23.3 Å². The van der Waals surface area contributed by atoms with Gasteiger partial charge in [0.15, 0.2) is 5.82 Å². The third-order valence-corrected chi connectivity index (χ3v) is 2.34. The minimum Gasteiger partial charge on any atom is -0.259 e. The number of hydrogen-bond acceptors (Lipinski definition) is 4. The number of aromatic nitrogens is 3. The fraction of sp³-hybridized carbons (Fsp3) is 0. The van der Waals surface area contributed by atoms with Gasteiger partial charge in [0, 0.05) is 0 Å². The lowest BCUT2D eigenvalue weighted by molar-refractivity contribution is 1.10. The Morgan fingerprint density at radius 3 is 3.17 bits per heavy atom. The molecule has 0 aromatic carbocycles. The van der Waals surface area contributed by atoms with Crippen LogP contribution in [0, 0.1) is 11.3 Å². The highest BCUT2D eigenvalue weighted by atomic mass is 32.1. The zero-order valence-electron chi connectivity index (χ0n) is 5.98. The quantitative estimate of drug-likeness (QED) is 0.714. The lowest BCUT2D eigenvalue weighted by atomic mass is 10.3. The summed E-state index contributed by atoms with van der Waals surface area (Å²) in [5.41, 5.74) is 0.636. The van der Waals surface area contributed by atoms with Crippen LogP contribution < -0.4 is 0 Å². The second-order valence-electron chi connectivity index (χ2n) is 2.11. The lowest BCUT2D eigenvalue weighted by Gasteiger charge is -1.88. The standard InChI is InChI=1S/C7H4N4S/c8-3-5-1-2-12-6(5)7-9-4-10-11-7/h1-2,4H,(H,9,10,11). The molecule has 0 aliphatic heterocycles. The molecule has 2 heterocycles. The van der Waals surface area contributed by atoms with E-state index in [9.17, 15) is 0 Å². The van der Waals surface area contributed by atoms with E-state index in [0.717, 1.165) is 4.88 Å². The Bertz CT molecular complexity index is 409. The molecule has 2 rings (SSSR count). The zero-order valence-corrected chi connectivity index (χ0v) is 6.80. The van der Waals surface area contributed by atoms with Crippen LogP contribution >= 0.6 is 11.3 Å². The van der Waals surface area contributed by atoms with Gasteiger partial charge < -0.3 is 0 Å². The Balaban J connectivity index is 2.55. The van der Waals surface area contributed by atoms with Gasteiger partial charge in [0.05, 0.1) is 10.4 Å². The van der Waals surface area contributed by atoms with E-state index in [0.29, 0.717) is 11.4 Å². The molecule has 0 radical (unpaired) electrons. The van der Waals surface area contributed by atoms with Gasteiger partial charge in [0.25, 0.3) is 0 Å². The molecule has 0 bridgehead atoms. The molecule has 0 saturated carbocycles. The number of hydrogen-bond donors (Lipinski definition) is 1. The topological polar surface area (TPSA) is 65.4 Å². The highest BCUT2D eigenvalue weighted by Gasteiger charge is 2.07. The van der Waals surface area contributed by atoms with Gasteiger partial charge in [-0.25, -0.2) is 4.98 Å². The van der Waals surface area contributed by atoms with Crippen LogP contribution in [0.3, 0.4) is 0 Å². The number of H-pyrrole nitrogens is 1. The van der Waals surface area contributed by atoms with Gasteiger partial charge >= 0.3 is 0 Å². The Morgan fingerprint density at radius 1 is 1.58 bits per heavy atom. The van der Waals surface area contributed by atoms with Crippen LogP contribution in [-0.4, -0.2) is 15.2 Å². The van der Waals surface area contributed by atoms with Gasteiger partial charge in [-0.1, -0.05) is 0 Å². The monoisotopic (exact) mass is 176 g/mol. The second kappa shape index (κ2) is 2.75. The summed E-state index contributed by atoms with van der Waals surface area (Å²) >= 11 is 1.48. The molecule has 58 valence electrons. The predicted molar refractivity (Wildman–Crippen MR) is 44.4 cm³/mol. The first-order chi connectivity index (χ1) is 5.92. The molecule has 0 saturated heterocycles. The van der Waals surface area contributed by atoms with Crippen molar-refractivity contribution < 1.29 is 0 Å². The number of nitrogens with one attached hydrogen (secondary N) is 1. The third kappa shape index (κ3) is 0.984. The normalized spacial score (nSPS) is 9.58. The molecule has 5 heteroatoms. The van der Waals surface area contributed by atoms with E-state index in [1.807, 2.05) is 5.38 Å². The summed E-state index contributed by atoms with van der Waals surface area (Å²) in [6.45, 7) is 0. The first kappa shape index (κ1) is 7.00. The number of thiophene rings is 1. The maximum absolute atomic E-state index is 8.70. The highest BCUT2D eigenvalue weighted by molar-refractivity contribution is 7.13. The molecule has 0 unspecified atom stereocenters. The van der Waals surface area contributed by atoms with Crippen LogP contribution in [0.2, 0.25) is 0 Å². The molecule has 0 spiro atoms. The van der Waals surface area contributed by atoms with Gasteiger partial charge in [-0.15, -0.1) is 11.3 Å². The molecule has 2 aromatic heterocycles. The van der Waals surface area contributed by atoms with E-state index in [-0.39, 0.29) is 0 Å². The molecule has 2 aromatic rings. The van der Waals surface area contributed by atoms with Gasteiger partial charge in [-0.3, -0.25) is 5.10 Å². The molecule has 0 aliphatic carbocycles. The van der Waals surface area contributed by atoms with E-state index in [1.54, 1.807) is 6.07 Å². The lowest BCUT2D eigenvalue weighted by Crippen LogP contribution is -1.78. The smallest absolute Gasteiger partial charge is 0.166 e. The van der Waals surface area contributed by atoms with Crippen molar-refractivity contribution in [2.45, 2.75) is 0 Å². The number of nitrogens with zero attached hydrogens (tertiary/aromatic N) is 3. The van der Waals surface area contributed by atoms with E-state index in [4.69, 9.17) is 5.26 Å². The highest BCUT2D eigenvalue weighted by Crippen LogP contribution is 2.24. The SMILES string of the molecule is N#Cc1ccsc1-c1ncn[nH]1. The van der Waals surface area contributed by atoms with Crippen LogP contribution in [0.4, 0.5) is 0 Å². The molecule has 0 amide bonds. The van der Waals surface area contributed by atoms with Gasteiger partial charge in [-0.05, 0) is 11.4 Å². The van der Waals surface area contributed by atoms with E-state index in [2.05, 4.69) is 21.3 Å². The third-order valence-electron chi connectivity index (χ3n) is 1.42. The summed E-state index contributed by atoms with van der Waals surface area (Å²) < 4.78 is 0. The maximum atomic E-state index is 8.70. The molecule has 1 N–H and O–H groups in total. The summed E-state index contributed by atoms with van der Waals surface area (Å²) in [5, 5.41) is 17.0. The summed E-state index contributed by atoms with van der Waals surface area (Å²) in [5.74, 6) is 0.654. The van der Waals surface area contributed by atoms with Crippen molar-refractivity contribution in [2.75, 3.05) is 0 Å². The fourth-order valence-electron chi connectivity index (χ4n) is 0.896. The fourth-order valence-corrected chi connectivity index (χ4v) is 1.69. The minimum absolute atomic E-state index is 0.636. The van der Waals surface area contributed by atoms with Crippen molar-refractivity contribution in [3.63, 3.8) is 0 Å². The molecular weight excluding hydrogens is 172 g/mol. The van der Waals surface area contributed by atoms with Gasteiger partial charge in [0.1, 0.15) is 12.4 Å². The zero-order chi connectivity index (χ0) is 8.39. The number of aromatic amines is 1. The average molecular weight is 176 g/mol. The summed E-state index contributed by atoms with van der Waals surface area (Å²) in [4.78, 5) is 4.80. The van der Waals surface area contributed by atoms with Crippen molar-refractivity contribution in [1.29, 1.82) is 5.26 Å². The van der Waals surface area contributed by atoms with Crippen LogP contribution in [0.1, 0.15) is 5.56 Å². The van der Waals surface area contributed by atoms with Crippen LogP contribution in [0.25, 0.3) is 10.7 Å². The van der Waals surface area contributed by atoms with E-state index >= 15 is 0 Å². The summed E-state index contributed by atoms with van der Waals surface area (Å²) in [6, 6.07) is 3.85. The Kier molecular flexibility index (Phi) is 1.61. The van der Waals surface area contributed by atoms with Gasteiger partial charge in [0.2, 0.25) is 0 Å². The number of nitriles is 1. The van der Waals surface area contributed by atoms with Gasteiger partial charge in [-0.2, -0.15) is 10.4 Å². The Morgan fingerprint density at radius 2 is 2.50 bits per heavy atom. The molecule has 0 aliphatic rings. The van der Waals surface area contributed by atoms with E-state index < -0.39 is 0 Å². The molecule has 4 nitrogen and oxygen atoms in total. The van der Waals surface area contributed by atoms with Crippen LogP contribution in [0.5, 0.6) is 0 Å². The minimum atomic E-state index is 0.636. The van der Waals surface area contributed by atoms with Crippen molar-refractivity contribution in [1.82, 2.24) is 15.2 Å². The predicted octanol–water partition coefficient (Wildman–Crippen LogP) is 1.40. The summed E-state index contributed by atoms with van der Waals surface area (Å²) in [6.07, 6.45) is 1.43.